The number of halogens is 4. The molecule has 7 heteroatoms. The third-order valence-corrected chi connectivity index (χ3v) is 3.65. The quantitative estimate of drug-likeness (QED) is 0.678. The van der Waals surface area contributed by atoms with Gasteiger partial charge in [0.2, 0.25) is 0 Å². The number of carboxylic acids is 1. The van der Waals surface area contributed by atoms with E-state index in [1.165, 1.54) is 24.3 Å². The number of carboxylic acid groups (broad SMARTS) is 1. The van der Waals surface area contributed by atoms with Crippen molar-refractivity contribution in [2.24, 2.45) is 0 Å². The van der Waals surface area contributed by atoms with Gasteiger partial charge in [0.05, 0.1) is 0 Å². The lowest BCUT2D eigenvalue weighted by Gasteiger charge is -2.12. The summed E-state index contributed by atoms with van der Waals surface area (Å²) < 4.78 is 50.5. The maximum Gasteiger partial charge on any atom is 0.320 e. The van der Waals surface area contributed by atoms with E-state index < -0.39 is 29.5 Å². The molecule has 0 aliphatic heterocycles. The Labute approximate surface area is 104 Å². The van der Waals surface area contributed by atoms with Crippen LogP contribution in [0.3, 0.4) is 0 Å². The molecule has 1 atom stereocenters. The molecule has 1 aliphatic carbocycles. The van der Waals surface area contributed by atoms with Gasteiger partial charge in [0.25, 0.3) is 11.7 Å². The normalized spacial score (nSPS) is 25.2. The van der Waals surface area contributed by atoms with Crippen LogP contribution in [0.15, 0.2) is 29.2 Å². The van der Waals surface area contributed by atoms with Crippen LogP contribution in [0, 0.1) is 0 Å². The minimum absolute atomic E-state index is 0.0568. The van der Waals surface area contributed by atoms with Gasteiger partial charge in [0, 0.05) is 11.3 Å². The second-order valence-electron chi connectivity index (χ2n) is 3.99. The van der Waals surface area contributed by atoms with E-state index >= 15 is 0 Å². The molecule has 1 aliphatic rings. The second kappa shape index (κ2) is 4.15. The molecule has 2 rings (SSSR count). The summed E-state index contributed by atoms with van der Waals surface area (Å²) in [6, 6.07) is 4.79. The average molecular weight is 280 g/mol. The van der Waals surface area contributed by atoms with Crippen LogP contribution in [-0.4, -0.2) is 22.8 Å². The zero-order valence-corrected chi connectivity index (χ0v) is 9.69. The van der Waals surface area contributed by atoms with Gasteiger partial charge >= 0.3 is 5.97 Å². The zero-order valence-electron chi connectivity index (χ0n) is 8.87. The number of aliphatic carboxylic acids is 1. The number of hydrogen-bond donors (Lipinski definition) is 1. The van der Waals surface area contributed by atoms with Crippen molar-refractivity contribution in [3.8, 4) is 0 Å². The van der Waals surface area contributed by atoms with Crippen molar-refractivity contribution < 1.29 is 27.5 Å². The molecule has 1 aromatic carbocycles. The molecule has 0 heterocycles. The Kier molecular flexibility index (Phi) is 3.04. The van der Waals surface area contributed by atoms with Gasteiger partial charge < -0.3 is 5.11 Å². The smallest absolute Gasteiger partial charge is 0.320 e. The van der Waals surface area contributed by atoms with E-state index in [0.717, 1.165) is 0 Å². The Hall–Kier alpha value is -1.24. The van der Waals surface area contributed by atoms with Gasteiger partial charge in [0.15, 0.2) is 5.41 Å². The van der Waals surface area contributed by atoms with Gasteiger partial charge in [-0.15, -0.1) is 0 Å². The van der Waals surface area contributed by atoms with Crippen LogP contribution in [-0.2, 0) is 10.2 Å². The molecule has 1 aromatic rings. The van der Waals surface area contributed by atoms with Crippen LogP contribution in [0.25, 0.3) is 0 Å². The fourth-order valence-electron chi connectivity index (χ4n) is 1.88. The number of hydrogen-bond acceptors (Lipinski definition) is 2. The second-order valence-corrected chi connectivity index (χ2v) is 5.06. The molecule has 0 saturated heterocycles. The highest BCUT2D eigenvalue weighted by Crippen LogP contribution is 2.61. The Morgan fingerprint density at radius 3 is 2.11 bits per heavy atom. The standard InChI is InChI=1S/C11H8F4O2S/c12-9(13)18-7-3-1-6(2-4-7)10(8(16)17)5-11(10,14)15/h1-4,9H,5H2,(H,16,17). The fourth-order valence-corrected chi connectivity index (χ4v) is 2.38. The largest absolute Gasteiger partial charge is 0.480 e. The third kappa shape index (κ3) is 1.96. The summed E-state index contributed by atoms with van der Waals surface area (Å²) in [5, 5.41) is 8.90. The molecule has 0 aromatic heterocycles. The van der Waals surface area contributed by atoms with Gasteiger partial charge in [-0.25, -0.2) is 8.78 Å². The topological polar surface area (TPSA) is 37.3 Å². The van der Waals surface area contributed by atoms with Crippen molar-refractivity contribution in [3.63, 3.8) is 0 Å². The summed E-state index contributed by atoms with van der Waals surface area (Å²) in [6.45, 7) is 0. The molecular formula is C11H8F4O2S. The summed E-state index contributed by atoms with van der Waals surface area (Å²) in [5.41, 5.74) is -2.25. The summed E-state index contributed by atoms with van der Waals surface area (Å²) in [7, 11) is 0. The molecule has 0 radical (unpaired) electrons. The Morgan fingerprint density at radius 2 is 1.78 bits per heavy atom. The van der Waals surface area contributed by atoms with Crippen LogP contribution in [0.5, 0.6) is 0 Å². The highest BCUT2D eigenvalue weighted by molar-refractivity contribution is 7.99. The maximum atomic E-state index is 13.2. The number of carbonyl (C=O) groups is 1. The van der Waals surface area contributed by atoms with Crippen molar-refractivity contribution in [1.29, 1.82) is 0 Å². The molecule has 18 heavy (non-hydrogen) atoms. The molecule has 1 N–H and O–H groups in total. The molecule has 98 valence electrons. The van der Waals surface area contributed by atoms with Gasteiger partial charge in [0.1, 0.15) is 0 Å². The number of benzene rings is 1. The Morgan fingerprint density at radius 1 is 1.28 bits per heavy atom. The van der Waals surface area contributed by atoms with Crippen LogP contribution in [0.2, 0.25) is 0 Å². The molecule has 1 fully saturated rings. The lowest BCUT2D eigenvalue weighted by atomic mass is 9.95. The van der Waals surface area contributed by atoms with E-state index in [1.54, 1.807) is 0 Å². The van der Waals surface area contributed by atoms with E-state index in [1.807, 2.05) is 0 Å². The van der Waals surface area contributed by atoms with E-state index in [9.17, 15) is 22.4 Å². The van der Waals surface area contributed by atoms with Crippen LogP contribution >= 0.6 is 11.8 Å². The summed E-state index contributed by atoms with van der Waals surface area (Å²) in [5.74, 6) is -7.48. The van der Waals surface area contributed by atoms with Gasteiger partial charge in [-0.2, -0.15) is 8.78 Å². The fraction of sp³-hybridized carbons (Fsp3) is 0.364. The lowest BCUT2D eigenvalue weighted by molar-refractivity contribution is -0.142. The molecule has 1 saturated carbocycles. The summed E-state index contributed by atoms with van der Waals surface area (Å²) in [6.07, 6.45) is -0.753. The van der Waals surface area contributed by atoms with E-state index in [0.29, 0.717) is 0 Å². The molecule has 2 nitrogen and oxygen atoms in total. The molecule has 1 unspecified atom stereocenters. The van der Waals surface area contributed by atoms with Crippen molar-refractivity contribution in [2.75, 3.05) is 0 Å². The van der Waals surface area contributed by atoms with Crippen LogP contribution < -0.4 is 0 Å². The Balaban J connectivity index is 2.27. The minimum atomic E-state index is -3.28. The van der Waals surface area contributed by atoms with Gasteiger partial charge in [-0.3, -0.25) is 4.79 Å². The van der Waals surface area contributed by atoms with Gasteiger partial charge in [-0.05, 0) is 17.7 Å². The SMILES string of the molecule is O=C(O)C1(c2ccc(SC(F)F)cc2)CC1(F)F. The van der Waals surface area contributed by atoms with Crippen molar-refractivity contribution >= 4 is 17.7 Å². The van der Waals surface area contributed by atoms with Crippen molar-refractivity contribution in [1.82, 2.24) is 0 Å². The zero-order chi connectivity index (χ0) is 13.6. The first-order valence-corrected chi connectivity index (χ1v) is 5.84. The first-order valence-electron chi connectivity index (χ1n) is 4.96. The minimum Gasteiger partial charge on any atom is -0.480 e. The lowest BCUT2D eigenvalue weighted by Crippen LogP contribution is -2.26. The van der Waals surface area contributed by atoms with Gasteiger partial charge in [-0.1, -0.05) is 23.9 Å². The average Bonchev–Trinajstić information content (AvgIpc) is 2.83. The molecule has 0 spiro atoms. The highest BCUT2D eigenvalue weighted by Gasteiger charge is 2.77. The highest BCUT2D eigenvalue weighted by atomic mass is 32.2. The van der Waals surface area contributed by atoms with Crippen molar-refractivity contribution in [3.05, 3.63) is 29.8 Å². The number of alkyl halides is 4. The first-order chi connectivity index (χ1) is 8.29. The number of rotatable bonds is 4. The predicted molar refractivity (Wildman–Crippen MR) is 57.2 cm³/mol. The molecule has 0 amide bonds. The predicted octanol–water partition coefficient (Wildman–Crippen LogP) is 3.36. The Bertz CT molecular complexity index is 474. The van der Waals surface area contributed by atoms with E-state index in [-0.39, 0.29) is 22.2 Å². The molecule has 0 bridgehead atoms. The maximum absolute atomic E-state index is 13.2. The van der Waals surface area contributed by atoms with Crippen molar-refractivity contribution in [2.45, 2.75) is 28.4 Å². The summed E-state index contributed by atoms with van der Waals surface area (Å²) in [4.78, 5) is 11.2. The number of thioether (sulfide) groups is 1. The van der Waals surface area contributed by atoms with E-state index in [4.69, 9.17) is 5.11 Å². The monoisotopic (exact) mass is 280 g/mol. The third-order valence-electron chi connectivity index (χ3n) is 2.92. The first kappa shape index (κ1) is 13.2. The van der Waals surface area contributed by atoms with E-state index in [2.05, 4.69) is 0 Å². The van der Waals surface area contributed by atoms with Crippen LogP contribution in [0.1, 0.15) is 12.0 Å². The van der Waals surface area contributed by atoms with Crippen LogP contribution in [0.4, 0.5) is 17.6 Å². The summed E-state index contributed by atoms with van der Waals surface area (Å²) >= 11 is 0.278. The molecular weight excluding hydrogens is 272 g/mol.